The Morgan fingerprint density at radius 1 is 0.531 bits per heavy atom. The highest BCUT2D eigenvalue weighted by Gasteiger charge is 2.38. The van der Waals surface area contributed by atoms with Crippen LogP contribution < -0.4 is 4.90 Å². The second-order valence-electron chi connectivity index (χ2n) is 13.3. The Bertz CT molecular complexity index is 2960. The van der Waals surface area contributed by atoms with Crippen LogP contribution >= 0.6 is 11.3 Å². The van der Waals surface area contributed by atoms with Crippen LogP contribution in [0, 0.1) is 0 Å². The highest BCUT2D eigenvalue weighted by atomic mass is 32.1. The van der Waals surface area contributed by atoms with Crippen molar-refractivity contribution in [3.63, 3.8) is 0 Å². The molecule has 3 nitrogen and oxygen atoms in total. The largest absolute Gasteiger partial charge is 0.278 e. The van der Waals surface area contributed by atoms with E-state index in [0.29, 0.717) is 11.9 Å². The van der Waals surface area contributed by atoms with Crippen LogP contribution in [0.4, 0.5) is 17.3 Å². The van der Waals surface area contributed by atoms with E-state index in [1.807, 2.05) is 0 Å². The molecule has 0 spiro atoms. The number of allylic oxidation sites excluding steroid dienone is 2. The van der Waals surface area contributed by atoms with Gasteiger partial charge in [0, 0.05) is 32.5 Å². The maximum absolute atomic E-state index is 5.66. The smallest absolute Gasteiger partial charge is 0.235 e. The van der Waals surface area contributed by atoms with Crippen LogP contribution in [0.2, 0.25) is 0 Å². The number of thiophene rings is 1. The van der Waals surface area contributed by atoms with Gasteiger partial charge < -0.3 is 0 Å². The predicted molar refractivity (Wildman–Crippen MR) is 205 cm³/mol. The first-order valence-corrected chi connectivity index (χ1v) is 17.6. The third kappa shape index (κ3) is 3.41. The molecule has 2 aliphatic carbocycles. The van der Waals surface area contributed by atoms with Crippen molar-refractivity contribution in [2.45, 2.75) is 5.92 Å². The van der Waals surface area contributed by atoms with Crippen molar-refractivity contribution >= 4 is 76.1 Å². The summed E-state index contributed by atoms with van der Waals surface area (Å²) in [5, 5.41) is 6.06. The molecule has 7 aromatic carbocycles. The summed E-state index contributed by atoms with van der Waals surface area (Å²) in [5.74, 6) is 1.07. The number of aromatic nitrogens is 2. The minimum atomic E-state index is 0.375. The molecule has 1 aliphatic heterocycles. The SMILES string of the molecule is C1=C2c3ccccc3-c3c(-c4nc(N5c6ccc7ccccc7c6-c6cccc7cccc5c67)nc5c4sc4ccccc45)cccc3C12. The molecule has 49 heavy (non-hydrogen) atoms. The van der Waals surface area contributed by atoms with Crippen molar-refractivity contribution in [2.24, 2.45) is 0 Å². The maximum Gasteiger partial charge on any atom is 0.235 e. The van der Waals surface area contributed by atoms with E-state index in [9.17, 15) is 0 Å². The minimum Gasteiger partial charge on any atom is -0.278 e. The lowest BCUT2D eigenvalue weighted by molar-refractivity contribution is 1.12. The van der Waals surface area contributed by atoms with Gasteiger partial charge in [0.1, 0.15) is 0 Å². The lowest BCUT2D eigenvalue weighted by Gasteiger charge is -2.33. The van der Waals surface area contributed by atoms with Crippen LogP contribution in [0.15, 0.2) is 146 Å². The van der Waals surface area contributed by atoms with Crippen molar-refractivity contribution in [1.29, 1.82) is 0 Å². The fourth-order valence-corrected chi connectivity index (χ4v) is 9.72. The zero-order chi connectivity index (χ0) is 31.8. The summed E-state index contributed by atoms with van der Waals surface area (Å²) in [6.45, 7) is 0. The number of hydrogen-bond donors (Lipinski definition) is 0. The van der Waals surface area contributed by atoms with Gasteiger partial charge in [-0.15, -0.1) is 11.3 Å². The van der Waals surface area contributed by atoms with E-state index >= 15 is 0 Å². The lowest BCUT2D eigenvalue weighted by Crippen LogP contribution is -2.18. The summed E-state index contributed by atoms with van der Waals surface area (Å²) in [5.41, 5.74) is 14.6. The van der Waals surface area contributed by atoms with Gasteiger partial charge in [0.15, 0.2) is 0 Å². The average Bonchev–Trinajstić information content (AvgIpc) is 3.89. The average molecular weight is 640 g/mol. The predicted octanol–water partition coefficient (Wildman–Crippen LogP) is 12.4. The lowest BCUT2D eigenvalue weighted by atomic mass is 9.82. The van der Waals surface area contributed by atoms with E-state index in [1.54, 1.807) is 11.3 Å². The summed E-state index contributed by atoms with van der Waals surface area (Å²) in [7, 11) is 0. The van der Waals surface area contributed by atoms with Crippen LogP contribution in [0.25, 0.3) is 80.9 Å². The molecule has 0 bridgehead atoms. The molecule has 0 saturated carbocycles. The van der Waals surface area contributed by atoms with Gasteiger partial charge in [-0.3, -0.25) is 4.90 Å². The quantitative estimate of drug-likeness (QED) is 0.188. The number of rotatable bonds is 2. The van der Waals surface area contributed by atoms with Gasteiger partial charge in [0.2, 0.25) is 5.95 Å². The van der Waals surface area contributed by atoms with Crippen molar-refractivity contribution < 1.29 is 0 Å². The van der Waals surface area contributed by atoms with Gasteiger partial charge in [-0.25, -0.2) is 9.97 Å². The van der Waals surface area contributed by atoms with Gasteiger partial charge >= 0.3 is 0 Å². The summed E-state index contributed by atoms with van der Waals surface area (Å²) >= 11 is 1.80. The molecule has 12 rings (SSSR count). The van der Waals surface area contributed by atoms with Gasteiger partial charge in [0.25, 0.3) is 0 Å². The van der Waals surface area contributed by atoms with Crippen molar-refractivity contribution in [3.8, 4) is 33.5 Å². The van der Waals surface area contributed by atoms with E-state index in [2.05, 4.69) is 151 Å². The third-order valence-corrected chi connectivity index (χ3v) is 11.9. The molecule has 0 radical (unpaired) electrons. The number of anilines is 3. The molecule has 226 valence electrons. The number of hydrogen-bond acceptors (Lipinski definition) is 4. The zero-order valence-electron chi connectivity index (χ0n) is 26.2. The van der Waals surface area contributed by atoms with E-state index < -0.39 is 0 Å². The zero-order valence-corrected chi connectivity index (χ0v) is 27.0. The van der Waals surface area contributed by atoms with Crippen LogP contribution in [0.3, 0.4) is 0 Å². The van der Waals surface area contributed by atoms with E-state index in [4.69, 9.17) is 9.97 Å². The molecule has 0 fully saturated rings. The second-order valence-corrected chi connectivity index (χ2v) is 14.3. The monoisotopic (exact) mass is 639 g/mol. The molecule has 3 heterocycles. The normalized spacial score (nSPS) is 15.2. The third-order valence-electron chi connectivity index (χ3n) is 10.7. The molecule has 1 atom stereocenters. The molecule has 9 aromatic rings. The molecule has 2 aromatic heterocycles. The Morgan fingerprint density at radius 3 is 2.20 bits per heavy atom. The summed E-state index contributed by atoms with van der Waals surface area (Å²) in [6, 6.07) is 50.8. The Labute approximate surface area is 286 Å². The van der Waals surface area contributed by atoms with Crippen molar-refractivity contribution in [3.05, 3.63) is 157 Å². The number of nitrogens with zero attached hydrogens (tertiary/aromatic N) is 3. The topological polar surface area (TPSA) is 29.0 Å². The van der Waals surface area contributed by atoms with E-state index in [1.165, 1.54) is 70.8 Å². The number of fused-ring (bicyclic) bond motifs is 13. The summed E-state index contributed by atoms with van der Waals surface area (Å²) < 4.78 is 2.35. The van der Waals surface area contributed by atoms with Crippen LogP contribution in [-0.2, 0) is 0 Å². The van der Waals surface area contributed by atoms with E-state index in [-0.39, 0.29) is 0 Å². The molecule has 0 N–H and O–H groups in total. The van der Waals surface area contributed by atoms with Crippen molar-refractivity contribution in [1.82, 2.24) is 9.97 Å². The summed E-state index contributed by atoms with van der Waals surface area (Å²) in [4.78, 5) is 13.5. The molecule has 3 aliphatic rings. The van der Waals surface area contributed by atoms with Gasteiger partial charge in [0.05, 0.1) is 27.3 Å². The van der Waals surface area contributed by atoms with Crippen LogP contribution in [0.5, 0.6) is 0 Å². The van der Waals surface area contributed by atoms with Gasteiger partial charge in [-0.2, -0.15) is 0 Å². The molecule has 0 amide bonds. The Morgan fingerprint density at radius 2 is 1.27 bits per heavy atom. The Hall–Kier alpha value is -6.10. The maximum atomic E-state index is 5.66. The molecule has 4 heteroatoms. The fraction of sp³-hybridized carbons (Fsp3) is 0.0222. The van der Waals surface area contributed by atoms with Gasteiger partial charge in [-0.1, -0.05) is 127 Å². The molecule has 0 saturated heterocycles. The first-order valence-electron chi connectivity index (χ1n) is 16.8. The fourth-order valence-electron chi connectivity index (χ4n) is 8.58. The number of benzene rings is 7. The van der Waals surface area contributed by atoms with Crippen LogP contribution in [-0.4, -0.2) is 9.97 Å². The summed E-state index contributed by atoms with van der Waals surface area (Å²) in [6.07, 6.45) is 2.40. The molecular weight excluding hydrogens is 615 g/mol. The van der Waals surface area contributed by atoms with Crippen molar-refractivity contribution in [2.75, 3.05) is 4.90 Å². The first kappa shape index (κ1) is 25.9. The Balaban J connectivity index is 1.21. The first-order chi connectivity index (χ1) is 24.3. The highest BCUT2D eigenvalue weighted by molar-refractivity contribution is 7.26. The second kappa shape index (κ2) is 9.28. The standard InChI is InChI=1S/C45H25N3S/c1-2-13-27-25(10-1)22-23-37-41(27)32-18-7-11-26-12-8-20-36(39(26)32)48(37)45-46-42-31-16-5-6-21-38(31)49-44(42)43(47-45)33-19-9-17-30-35-24-34(35)28-14-3-4-15-29(28)40(30)33/h1-24,35H. The highest BCUT2D eigenvalue weighted by Crippen LogP contribution is 2.59. The minimum absolute atomic E-state index is 0.375. The van der Waals surface area contributed by atoms with Gasteiger partial charge in [-0.05, 0) is 67.7 Å². The van der Waals surface area contributed by atoms with E-state index in [0.717, 1.165) is 32.7 Å². The van der Waals surface area contributed by atoms with Crippen LogP contribution in [0.1, 0.15) is 17.0 Å². The Kier molecular flexibility index (Phi) is 4.91. The molecular formula is C45H25N3S. The molecule has 1 unspecified atom stereocenters.